The first-order valence-corrected chi connectivity index (χ1v) is 11.1. The molecule has 1 saturated carbocycles. The molecule has 2 aliphatic rings. The van der Waals surface area contributed by atoms with Crippen LogP contribution in [0.3, 0.4) is 0 Å². The Hall–Kier alpha value is 0.657. The van der Waals surface area contributed by atoms with Crippen molar-refractivity contribution in [3.05, 3.63) is 0 Å². The maximum atomic E-state index is 6.43. The van der Waals surface area contributed by atoms with Crippen LogP contribution in [0, 0.1) is 5.92 Å². The smallest absolute Gasteiger partial charge is 0.0687 e. The van der Waals surface area contributed by atoms with Gasteiger partial charge in [0.05, 0.1) is 19.8 Å². The SMILES string of the molecule is C[C@]12CCCC[C@@H]1C[C@@H]([C@H](Br)[Si](C)(C)C)O2. The first-order valence-electron chi connectivity index (χ1n) is 6.65. The molecule has 0 aromatic heterocycles. The lowest BCUT2D eigenvalue weighted by Crippen LogP contribution is -2.43. The fourth-order valence-electron chi connectivity index (χ4n) is 3.31. The van der Waals surface area contributed by atoms with Gasteiger partial charge < -0.3 is 4.74 Å². The Bertz CT molecular complexity index is 263. The Morgan fingerprint density at radius 2 is 2.00 bits per heavy atom. The molecule has 1 aliphatic heterocycles. The summed E-state index contributed by atoms with van der Waals surface area (Å²) in [6, 6.07) is 0. The summed E-state index contributed by atoms with van der Waals surface area (Å²) in [5.41, 5.74) is 0.203. The number of halogens is 1. The summed E-state index contributed by atoms with van der Waals surface area (Å²) in [4.78, 5) is 0. The zero-order valence-corrected chi connectivity index (χ0v) is 13.6. The topological polar surface area (TPSA) is 9.23 Å². The summed E-state index contributed by atoms with van der Waals surface area (Å²) in [5.74, 6) is 0.822. The summed E-state index contributed by atoms with van der Waals surface area (Å²) in [7, 11) is -1.13. The zero-order valence-electron chi connectivity index (χ0n) is 11.1. The van der Waals surface area contributed by atoms with E-state index in [1.807, 2.05) is 0 Å². The van der Waals surface area contributed by atoms with Gasteiger partial charge in [-0.15, -0.1) is 0 Å². The fraction of sp³-hybridized carbons (Fsp3) is 1.00. The molecular weight excluding hydrogens is 280 g/mol. The predicted molar refractivity (Wildman–Crippen MR) is 75.9 cm³/mol. The first kappa shape index (κ1) is 13.1. The van der Waals surface area contributed by atoms with Gasteiger partial charge in [0.1, 0.15) is 0 Å². The van der Waals surface area contributed by atoms with Crippen LogP contribution in [0.5, 0.6) is 0 Å². The number of ether oxygens (including phenoxy) is 1. The van der Waals surface area contributed by atoms with E-state index in [4.69, 9.17) is 4.74 Å². The number of fused-ring (bicyclic) bond motifs is 1. The van der Waals surface area contributed by atoms with E-state index in [0.717, 1.165) is 5.92 Å². The second-order valence-electron chi connectivity index (χ2n) is 6.92. The lowest BCUT2D eigenvalue weighted by Gasteiger charge is -2.35. The van der Waals surface area contributed by atoms with Crippen LogP contribution in [0.15, 0.2) is 0 Å². The minimum absolute atomic E-state index is 0.203. The number of hydrogen-bond acceptors (Lipinski definition) is 1. The molecule has 1 heterocycles. The average molecular weight is 305 g/mol. The molecule has 0 N–H and O–H groups in total. The van der Waals surface area contributed by atoms with Crippen LogP contribution in [0.1, 0.15) is 39.0 Å². The molecule has 2 rings (SSSR count). The molecule has 0 aromatic rings. The number of hydrogen-bond donors (Lipinski definition) is 0. The molecule has 94 valence electrons. The molecule has 0 amide bonds. The van der Waals surface area contributed by atoms with Gasteiger partial charge in [0.2, 0.25) is 0 Å². The molecule has 4 atom stereocenters. The third kappa shape index (κ3) is 2.41. The van der Waals surface area contributed by atoms with E-state index in [1.165, 1.54) is 32.1 Å². The van der Waals surface area contributed by atoms with Crippen LogP contribution in [0.25, 0.3) is 0 Å². The van der Waals surface area contributed by atoms with Crippen molar-refractivity contribution in [2.24, 2.45) is 5.92 Å². The minimum atomic E-state index is -1.13. The van der Waals surface area contributed by atoms with Crippen molar-refractivity contribution in [2.45, 2.75) is 74.8 Å². The lowest BCUT2D eigenvalue weighted by atomic mass is 9.76. The Morgan fingerprint density at radius 1 is 1.31 bits per heavy atom. The molecule has 2 fully saturated rings. The van der Waals surface area contributed by atoms with E-state index in [2.05, 4.69) is 42.5 Å². The highest BCUT2D eigenvalue weighted by molar-refractivity contribution is 9.10. The molecule has 0 unspecified atom stereocenters. The van der Waals surface area contributed by atoms with Crippen molar-refractivity contribution in [1.29, 1.82) is 0 Å². The second kappa shape index (κ2) is 4.40. The van der Waals surface area contributed by atoms with Gasteiger partial charge in [0.25, 0.3) is 0 Å². The Balaban J connectivity index is 2.06. The molecule has 0 radical (unpaired) electrons. The van der Waals surface area contributed by atoms with Crippen molar-refractivity contribution in [3.8, 4) is 0 Å². The van der Waals surface area contributed by atoms with E-state index in [1.54, 1.807) is 0 Å². The van der Waals surface area contributed by atoms with Gasteiger partial charge in [-0.25, -0.2) is 0 Å². The standard InChI is InChI=1S/C13H25BrOSi/c1-13-8-6-5-7-10(13)9-11(15-13)12(14)16(2,3)4/h10-12H,5-9H2,1-4H3/t10-,11+,12-,13+/m1/s1. The first-order chi connectivity index (χ1) is 7.33. The van der Waals surface area contributed by atoms with Gasteiger partial charge in [-0.05, 0) is 32.1 Å². The maximum Gasteiger partial charge on any atom is 0.0687 e. The molecule has 0 aromatic carbocycles. The highest BCUT2D eigenvalue weighted by atomic mass is 79.9. The fourth-order valence-corrected chi connectivity index (χ4v) is 4.95. The van der Waals surface area contributed by atoms with E-state index in [-0.39, 0.29) is 5.60 Å². The van der Waals surface area contributed by atoms with Crippen LogP contribution >= 0.6 is 15.9 Å². The van der Waals surface area contributed by atoms with Crippen molar-refractivity contribution in [2.75, 3.05) is 0 Å². The normalized spacial score (nSPS) is 41.8. The van der Waals surface area contributed by atoms with Crippen molar-refractivity contribution in [1.82, 2.24) is 0 Å². The Labute approximate surface area is 109 Å². The molecule has 3 heteroatoms. The molecule has 1 aliphatic carbocycles. The Kier molecular flexibility index (Phi) is 3.60. The largest absolute Gasteiger partial charge is 0.371 e. The summed E-state index contributed by atoms with van der Waals surface area (Å²) >= 11 is 3.92. The molecule has 16 heavy (non-hydrogen) atoms. The van der Waals surface area contributed by atoms with E-state index in [9.17, 15) is 0 Å². The van der Waals surface area contributed by atoms with Crippen LogP contribution < -0.4 is 0 Å². The highest BCUT2D eigenvalue weighted by Gasteiger charge is 2.49. The number of rotatable bonds is 2. The van der Waals surface area contributed by atoms with Crippen molar-refractivity contribution in [3.63, 3.8) is 0 Å². The second-order valence-corrected chi connectivity index (χ2v) is 14.1. The zero-order chi connectivity index (χ0) is 12.0. The third-order valence-corrected chi connectivity index (χ3v) is 11.2. The van der Waals surface area contributed by atoms with Gasteiger partial charge >= 0.3 is 0 Å². The summed E-state index contributed by atoms with van der Waals surface area (Å²) in [6.07, 6.45) is 7.20. The van der Waals surface area contributed by atoms with Gasteiger partial charge in [0.15, 0.2) is 0 Å². The Morgan fingerprint density at radius 3 is 2.56 bits per heavy atom. The maximum absolute atomic E-state index is 6.43. The van der Waals surface area contributed by atoms with Crippen LogP contribution in [-0.4, -0.2) is 24.2 Å². The third-order valence-electron chi connectivity index (χ3n) is 4.43. The molecule has 1 nitrogen and oxygen atoms in total. The van der Waals surface area contributed by atoms with Gasteiger partial charge in [-0.1, -0.05) is 48.4 Å². The summed E-state index contributed by atoms with van der Waals surface area (Å²) in [6.45, 7) is 9.64. The van der Waals surface area contributed by atoms with Crippen molar-refractivity contribution < 1.29 is 4.74 Å². The molecule has 0 bridgehead atoms. The molecule has 1 saturated heterocycles. The van der Waals surface area contributed by atoms with Gasteiger partial charge in [-0.3, -0.25) is 0 Å². The number of alkyl halides is 1. The van der Waals surface area contributed by atoms with E-state index >= 15 is 0 Å². The van der Waals surface area contributed by atoms with Gasteiger partial charge in [-0.2, -0.15) is 0 Å². The van der Waals surface area contributed by atoms with Crippen LogP contribution in [0.2, 0.25) is 19.6 Å². The van der Waals surface area contributed by atoms with Crippen LogP contribution in [0.4, 0.5) is 0 Å². The van der Waals surface area contributed by atoms with Crippen molar-refractivity contribution >= 4 is 24.0 Å². The molecule has 0 spiro atoms. The summed E-state index contributed by atoms with van der Waals surface area (Å²) < 4.78 is 7.04. The highest BCUT2D eigenvalue weighted by Crippen LogP contribution is 2.48. The van der Waals surface area contributed by atoms with Crippen LogP contribution in [-0.2, 0) is 4.74 Å². The lowest BCUT2D eigenvalue weighted by molar-refractivity contribution is -0.0579. The van der Waals surface area contributed by atoms with Gasteiger partial charge in [0, 0.05) is 4.45 Å². The van der Waals surface area contributed by atoms with E-state index in [0.29, 0.717) is 10.6 Å². The molecular formula is C13H25BrOSi. The monoisotopic (exact) mass is 304 g/mol. The minimum Gasteiger partial charge on any atom is -0.371 e. The predicted octanol–water partition coefficient (Wildman–Crippen LogP) is 4.37. The quantitative estimate of drug-likeness (QED) is 0.544. The summed E-state index contributed by atoms with van der Waals surface area (Å²) in [5, 5.41) is 0. The van der Waals surface area contributed by atoms with E-state index < -0.39 is 8.07 Å². The average Bonchev–Trinajstić information content (AvgIpc) is 2.52.